The summed E-state index contributed by atoms with van der Waals surface area (Å²) >= 11 is 0. The van der Waals surface area contributed by atoms with Gasteiger partial charge < -0.3 is 19.9 Å². The Labute approximate surface area is 231 Å². The van der Waals surface area contributed by atoms with E-state index in [1.165, 1.54) is 13.8 Å². The topological polar surface area (TPSA) is 102 Å². The highest BCUT2D eigenvalue weighted by Gasteiger charge is 2.68. The van der Waals surface area contributed by atoms with E-state index in [2.05, 4.69) is 12.2 Å². The number of benzene rings is 1. The Morgan fingerprint density at radius 3 is 2.36 bits per heavy atom. The first-order chi connectivity index (χ1) is 18.4. The quantitative estimate of drug-likeness (QED) is 0.436. The molecule has 1 unspecified atom stereocenters. The maximum Gasteiger partial charge on any atom is 0.303 e. The van der Waals surface area contributed by atoms with Crippen molar-refractivity contribution in [2.24, 2.45) is 23.2 Å². The zero-order valence-electron chi connectivity index (χ0n) is 23.8. The molecule has 1 heterocycles. The summed E-state index contributed by atoms with van der Waals surface area (Å²) in [5.41, 5.74) is 0.445. The molecule has 0 radical (unpaired) electrons. The van der Waals surface area contributed by atoms with Crippen molar-refractivity contribution >= 4 is 17.8 Å². The van der Waals surface area contributed by atoms with Crippen molar-refractivity contribution in [2.75, 3.05) is 0 Å². The Kier molecular flexibility index (Phi) is 8.22. The van der Waals surface area contributed by atoms with Crippen LogP contribution in [0.5, 0.6) is 0 Å². The molecule has 2 aliphatic carbocycles. The van der Waals surface area contributed by atoms with Gasteiger partial charge in [0, 0.05) is 31.7 Å². The zero-order chi connectivity index (χ0) is 28.5. The molecule has 1 saturated heterocycles. The van der Waals surface area contributed by atoms with E-state index in [4.69, 9.17) is 9.47 Å². The first-order valence-corrected chi connectivity index (χ1v) is 13.8. The van der Waals surface area contributed by atoms with E-state index in [-0.39, 0.29) is 23.8 Å². The van der Waals surface area contributed by atoms with Crippen LogP contribution in [0.4, 0.5) is 0 Å². The zero-order valence-corrected chi connectivity index (χ0v) is 23.8. The maximum absolute atomic E-state index is 14.4. The molecule has 0 saturated carbocycles. The Morgan fingerprint density at radius 2 is 1.72 bits per heavy atom. The van der Waals surface area contributed by atoms with Crippen molar-refractivity contribution in [3.63, 3.8) is 0 Å². The molecular formula is C32H41NO6. The monoisotopic (exact) mass is 535 g/mol. The standard InChI is InChI=1S/C32H41NO6/c1-19-11-10-14-25-29(39-23(5)35)21(3)20(2)28-26(17-24-12-8-7-9-13-24)33-30(36)32(25,28)27(38-22(4)34)15-16-31(6,37)18-19/h7-10,12-16,19,25-29,37H,11,17-18H2,1-6H3,(H,33,36)/b14-10+,16-15+/t19?,25-,26-,27+,28-,29+,31-,32+/m0/s1. The lowest BCUT2D eigenvalue weighted by Crippen LogP contribution is -2.58. The maximum atomic E-state index is 14.4. The van der Waals surface area contributed by atoms with E-state index < -0.39 is 41.1 Å². The van der Waals surface area contributed by atoms with Gasteiger partial charge in [-0.2, -0.15) is 0 Å². The Balaban J connectivity index is 1.99. The lowest BCUT2D eigenvalue weighted by atomic mass is 9.54. The fraction of sp³-hybridized carbons (Fsp3) is 0.531. The summed E-state index contributed by atoms with van der Waals surface area (Å²) in [7, 11) is 0. The number of carbonyl (C=O) groups is 3. The van der Waals surface area contributed by atoms with Crippen molar-refractivity contribution in [1.29, 1.82) is 0 Å². The molecule has 0 aromatic heterocycles. The highest BCUT2D eigenvalue weighted by Crippen LogP contribution is 2.58. The van der Waals surface area contributed by atoms with Crippen LogP contribution in [0, 0.1) is 23.2 Å². The summed E-state index contributed by atoms with van der Waals surface area (Å²) < 4.78 is 11.9. The molecule has 1 aliphatic heterocycles. The van der Waals surface area contributed by atoms with Crippen molar-refractivity contribution in [1.82, 2.24) is 5.32 Å². The minimum atomic E-state index is -1.30. The molecule has 7 nitrogen and oxygen atoms in total. The van der Waals surface area contributed by atoms with Gasteiger partial charge in [0.1, 0.15) is 17.6 Å². The highest BCUT2D eigenvalue weighted by atomic mass is 16.6. The molecule has 3 aliphatic rings. The van der Waals surface area contributed by atoms with Crippen LogP contribution in [-0.2, 0) is 30.3 Å². The van der Waals surface area contributed by atoms with Crippen LogP contribution >= 0.6 is 0 Å². The van der Waals surface area contributed by atoms with Gasteiger partial charge >= 0.3 is 11.9 Å². The van der Waals surface area contributed by atoms with Gasteiger partial charge in [-0.3, -0.25) is 14.4 Å². The van der Waals surface area contributed by atoms with E-state index in [0.29, 0.717) is 19.3 Å². The number of nitrogens with one attached hydrogen (secondary N) is 1. The van der Waals surface area contributed by atoms with Gasteiger partial charge in [0.05, 0.1) is 5.60 Å². The lowest BCUT2D eigenvalue weighted by Gasteiger charge is -2.50. The third-order valence-electron chi connectivity index (χ3n) is 8.65. The predicted molar refractivity (Wildman–Crippen MR) is 148 cm³/mol. The Morgan fingerprint density at radius 1 is 1.05 bits per heavy atom. The van der Waals surface area contributed by atoms with Crippen molar-refractivity contribution < 1.29 is 29.0 Å². The van der Waals surface area contributed by atoms with Gasteiger partial charge in [-0.25, -0.2) is 0 Å². The molecule has 8 atom stereocenters. The predicted octanol–water partition coefficient (Wildman–Crippen LogP) is 4.45. The van der Waals surface area contributed by atoms with Crippen molar-refractivity contribution in [2.45, 2.75) is 84.7 Å². The minimum absolute atomic E-state index is 0.148. The highest BCUT2D eigenvalue weighted by molar-refractivity contribution is 5.90. The van der Waals surface area contributed by atoms with Gasteiger partial charge in [-0.15, -0.1) is 0 Å². The molecular weight excluding hydrogens is 494 g/mol. The first-order valence-electron chi connectivity index (χ1n) is 13.8. The number of carbonyl (C=O) groups excluding carboxylic acids is 3. The van der Waals surface area contributed by atoms with Crippen LogP contribution < -0.4 is 5.32 Å². The van der Waals surface area contributed by atoms with Crippen LogP contribution in [0.15, 0.2) is 65.8 Å². The summed E-state index contributed by atoms with van der Waals surface area (Å²) in [6, 6.07) is 9.69. The molecule has 39 heavy (non-hydrogen) atoms. The number of esters is 2. The number of hydrogen-bond acceptors (Lipinski definition) is 6. The molecule has 1 amide bonds. The summed E-state index contributed by atoms with van der Waals surface area (Å²) in [5.74, 6) is -2.04. The molecule has 0 bridgehead atoms. The summed E-state index contributed by atoms with van der Waals surface area (Å²) in [6.07, 6.45) is 7.36. The van der Waals surface area contributed by atoms with Gasteiger partial charge in [-0.05, 0) is 63.2 Å². The Bertz CT molecular complexity index is 1200. The average molecular weight is 536 g/mol. The SMILES string of the molecule is CC(=O)O[C@@H]1C(C)=C(C)[C@H]2[C@H](Cc3ccccc3)NC(=O)[C@]23[C@H](OC(C)=O)/C=C/[C@](C)(O)CC(C)C/C=C/[C@@H]13. The molecule has 210 valence electrons. The number of rotatable bonds is 4. The van der Waals surface area contributed by atoms with E-state index in [1.54, 1.807) is 19.1 Å². The number of amides is 1. The van der Waals surface area contributed by atoms with Gasteiger partial charge in [0.15, 0.2) is 0 Å². The van der Waals surface area contributed by atoms with Crippen LogP contribution in [-0.4, -0.2) is 46.8 Å². The van der Waals surface area contributed by atoms with Crippen LogP contribution in [0.2, 0.25) is 0 Å². The summed E-state index contributed by atoms with van der Waals surface area (Å²) in [6.45, 7) is 10.4. The number of hydrogen-bond donors (Lipinski definition) is 2. The van der Waals surface area contributed by atoms with Gasteiger partial charge in [0.2, 0.25) is 5.91 Å². The number of allylic oxidation sites excluding steroid dienone is 1. The lowest BCUT2D eigenvalue weighted by molar-refractivity contribution is -0.167. The molecule has 7 heteroatoms. The molecule has 1 aromatic rings. The van der Waals surface area contributed by atoms with Crippen molar-refractivity contribution in [3.05, 3.63) is 71.3 Å². The Hall–Kier alpha value is -3.19. The van der Waals surface area contributed by atoms with Gasteiger partial charge in [-0.1, -0.05) is 61.1 Å². The largest absolute Gasteiger partial charge is 0.457 e. The molecule has 1 aromatic carbocycles. The van der Waals surface area contributed by atoms with Crippen LogP contribution in [0.3, 0.4) is 0 Å². The molecule has 4 rings (SSSR count). The second-order valence-electron chi connectivity index (χ2n) is 11.8. The van der Waals surface area contributed by atoms with E-state index in [9.17, 15) is 19.5 Å². The minimum Gasteiger partial charge on any atom is -0.457 e. The second kappa shape index (κ2) is 11.1. The van der Waals surface area contributed by atoms with Crippen LogP contribution in [0.1, 0.15) is 59.9 Å². The van der Waals surface area contributed by atoms with Crippen molar-refractivity contribution in [3.8, 4) is 0 Å². The second-order valence-corrected chi connectivity index (χ2v) is 11.8. The molecule has 2 N–H and O–H groups in total. The molecule has 1 spiro atoms. The molecule has 1 fully saturated rings. The van der Waals surface area contributed by atoms with E-state index in [0.717, 1.165) is 16.7 Å². The smallest absolute Gasteiger partial charge is 0.303 e. The van der Waals surface area contributed by atoms with Crippen LogP contribution in [0.25, 0.3) is 0 Å². The first kappa shape index (κ1) is 28.8. The summed E-state index contributed by atoms with van der Waals surface area (Å²) in [5, 5.41) is 14.4. The normalized spacial score (nSPS) is 38.0. The average Bonchev–Trinajstić information content (AvgIpc) is 3.12. The van der Waals surface area contributed by atoms with E-state index in [1.807, 2.05) is 56.3 Å². The third-order valence-corrected chi connectivity index (χ3v) is 8.65. The number of ether oxygens (including phenoxy) is 2. The third kappa shape index (κ3) is 5.60. The fourth-order valence-corrected chi connectivity index (χ4v) is 7.08. The fourth-order valence-electron chi connectivity index (χ4n) is 7.08. The summed E-state index contributed by atoms with van der Waals surface area (Å²) in [4.78, 5) is 39.3. The number of aliphatic hydroxyl groups is 1. The van der Waals surface area contributed by atoms with E-state index >= 15 is 0 Å². The van der Waals surface area contributed by atoms with Gasteiger partial charge in [0.25, 0.3) is 0 Å².